The first-order valence-corrected chi connectivity index (χ1v) is 7.01. The molecule has 0 bridgehead atoms. The van der Waals surface area contributed by atoms with E-state index in [2.05, 4.69) is 9.47 Å². The van der Waals surface area contributed by atoms with Gasteiger partial charge in [-0.05, 0) is 30.8 Å². The second-order valence-electron chi connectivity index (χ2n) is 4.15. The molecule has 0 fully saturated rings. The molecule has 0 radical (unpaired) electrons. The largest absolute Gasteiger partial charge is 0.573 e. The van der Waals surface area contributed by atoms with Crippen molar-refractivity contribution in [3.63, 3.8) is 0 Å². The first-order valence-electron chi connectivity index (χ1n) is 6.19. The molecule has 1 rings (SSSR count). The van der Waals surface area contributed by atoms with Crippen LogP contribution >= 0.6 is 11.8 Å². The normalized spacial score (nSPS) is 11.8. The topological polar surface area (TPSA) is 59.3 Å². The van der Waals surface area contributed by atoms with E-state index in [9.17, 15) is 31.1 Å². The zero-order valence-electron chi connectivity index (χ0n) is 11.9. The first-order chi connectivity index (χ1) is 10.9. The van der Waals surface area contributed by atoms with Crippen molar-refractivity contribution in [1.29, 1.82) is 5.26 Å². The molecule has 0 saturated carbocycles. The summed E-state index contributed by atoms with van der Waals surface area (Å²) in [6, 6.07) is 2.62. The minimum Gasteiger partial charge on any atom is -0.466 e. The van der Waals surface area contributed by atoms with Crippen LogP contribution in [0.2, 0.25) is 0 Å². The minimum atomic E-state index is -5.18. The Balaban J connectivity index is 3.34. The van der Waals surface area contributed by atoms with Crippen molar-refractivity contribution < 1.29 is 40.6 Å². The third-order valence-electron chi connectivity index (χ3n) is 2.37. The number of carbonyl (C=O) groups excluding carboxylic acids is 1. The molecule has 1 aromatic carbocycles. The Kier molecular flexibility index (Phi) is 6.36. The molecule has 0 aliphatic rings. The van der Waals surface area contributed by atoms with Gasteiger partial charge in [-0.25, -0.2) is 0 Å². The van der Waals surface area contributed by atoms with Gasteiger partial charge in [-0.3, -0.25) is 4.79 Å². The Bertz CT molecular complexity index is 651. The van der Waals surface area contributed by atoms with E-state index in [1.54, 1.807) is 0 Å². The number of alkyl halides is 6. The summed E-state index contributed by atoms with van der Waals surface area (Å²) in [4.78, 5) is 10.6. The highest BCUT2D eigenvalue weighted by Crippen LogP contribution is 2.41. The molecule has 0 aromatic heterocycles. The van der Waals surface area contributed by atoms with Crippen molar-refractivity contribution in [3.05, 3.63) is 23.3 Å². The van der Waals surface area contributed by atoms with Crippen LogP contribution in [0.3, 0.4) is 0 Å². The first kappa shape index (κ1) is 20.0. The van der Waals surface area contributed by atoms with E-state index in [1.165, 1.54) is 13.0 Å². The van der Waals surface area contributed by atoms with E-state index in [-0.39, 0.29) is 6.61 Å². The van der Waals surface area contributed by atoms with Gasteiger partial charge in [-0.1, -0.05) is 0 Å². The highest BCUT2D eigenvalue weighted by molar-refractivity contribution is 8.00. The Labute approximate surface area is 136 Å². The average Bonchev–Trinajstić information content (AvgIpc) is 2.38. The fraction of sp³-hybridized carbons (Fsp3) is 0.385. The predicted molar refractivity (Wildman–Crippen MR) is 70.1 cm³/mol. The smallest absolute Gasteiger partial charge is 0.466 e. The zero-order chi connectivity index (χ0) is 18.5. The lowest BCUT2D eigenvalue weighted by Gasteiger charge is -2.16. The summed E-state index contributed by atoms with van der Waals surface area (Å²) in [5.74, 6) is -1.91. The number of halogens is 6. The van der Waals surface area contributed by atoms with E-state index in [0.29, 0.717) is 6.07 Å². The van der Waals surface area contributed by atoms with Gasteiger partial charge in [-0.15, -0.1) is 13.2 Å². The molecule has 0 heterocycles. The standard InChI is InChI=1S/C13H9F6NO3S/c1-2-22-11(21)4-7-3-8(6-20)10(24-13(17,18)19)5-9(7)23-12(14,15)16/h3,5H,2,4H2,1H3. The summed E-state index contributed by atoms with van der Waals surface area (Å²) in [7, 11) is 0. The van der Waals surface area contributed by atoms with Gasteiger partial charge in [0.15, 0.2) is 0 Å². The van der Waals surface area contributed by atoms with Crippen LogP contribution in [0.25, 0.3) is 0 Å². The Morgan fingerprint density at radius 2 is 1.88 bits per heavy atom. The van der Waals surface area contributed by atoms with E-state index >= 15 is 0 Å². The number of carbonyl (C=O) groups is 1. The third kappa shape index (κ3) is 6.57. The molecule has 0 amide bonds. The molecule has 0 N–H and O–H groups in total. The summed E-state index contributed by atoms with van der Waals surface area (Å²) in [5.41, 5.74) is -5.76. The number of nitriles is 1. The van der Waals surface area contributed by atoms with Gasteiger partial charge in [0.1, 0.15) is 11.8 Å². The van der Waals surface area contributed by atoms with Crippen LogP contribution in [0.5, 0.6) is 5.75 Å². The Morgan fingerprint density at radius 3 is 2.33 bits per heavy atom. The summed E-state index contributed by atoms with van der Waals surface area (Å²) in [5, 5.41) is 8.89. The highest BCUT2D eigenvalue weighted by Gasteiger charge is 2.35. The summed E-state index contributed by atoms with van der Waals surface area (Å²) in [6.07, 6.45) is -5.87. The quantitative estimate of drug-likeness (QED) is 0.440. The molecule has 0 spiro atoms. The summed E-state index contributed by atoms with van der Waals surface area (Å²) in [6.45, 7) is 1.43. The van der Waals surface area contributed by atoms with Crippen LogP contribution in [-0.2, 0) is 16.0 Å². The fourth-order valence-electron chi connectivity index (χ4n) is 1.63. The lowest BCUT2D eigenvalue weighted by Crippen LogP contribution is -2.19. The van der Waals surface area contributed by atoms with Crippen LogP contribution in [0.15, 0.2) is 17.0 Å². The van der Waals surface area contributed by atoms with Crippen molar-refractivity contribution in [1.82, 2.24) is 0 Å². The van der Waals surface area contributed by atoms with Gasteiger partial charge in [0.05, 0.1) is 18.6 Å². The number of rotatable bonds is 5. The Morgan fingerprint density at radius 1 is 1.25 bits per heavy atom. The summed E-state index contributed by atoms with van der Waals surface area (Å²) < 4.78 is 82.9. The van der Waals surface area contributed by atoms with Crippen LogP contribution < -0.4 is 4.74 Å². The van der Waals surface area contributed by atoms with E-state index in [0.717, 1.165) is 6.07 Å². The number of esters is 1. The van der Waals surface area contributed by atoms with Crippen molar-refractivity contribution in [2.24, 2.45) is 0 Å². The number of nitrogens with zero attached hydrogens (tertiary/aromatic N) is 1. The molecular formula is C13H9F6NO3S. The van der Waals surface area contributed by atoms with Crippen molar-refractivity contribution in [2.45, 2.75) is 30.1 Å². The van der Waals surface area contributed by atoms with E-state index in [4.69, 9.17) is 5.26 Å². The molecule has 4 nitrogen and oxygen atoms in total. The number of ether oxygens (including phenoxy) is 2. The van der Waals surface area contributed by atoms with Crippen molar-refractivity contribution >= 4 is 17.7 Å². The Hall–Kier alpha value is -2.09. The molecule has 24 heavy (non-hydrogen) atoms. The van der Waals surface area contributed by atoms with Crippen LogP contribution in [0.1, 0.15) is 18.1 Å². The van der Waals surface area contributed by atoms with Gasteiger partial charge in [0.25, 0.3) is 0 Å². The number of hydrogen-bond donors (Lipinski definition) is 0. The van der Waals surface area contributed by atoms with Gasteiger partial charge < -0.3 is 9.47 Å². The zero-order valence-corrected chi connectivity index (χ0v) is 12.7. The number of benzene rings is 1. The maximum atomic E-state index is 12.5. The molecule has 1 aromatic rings. The number of thioether (sulfide) groups is 1. The van der Waals surface area contributed by atoms with Gasteiger partial charge in [0, 0.05) is 10.5 Å². The molecule has 132 valence electrons. The lowest BCUT2D eigenvalue weighted by molar-refractivity contribution is -0.275. The molecule has 0 saturated heterocycles. The third-order valence-corrected chi connectivity index (χ3v) is 3.16. The maximum absolute atomic E-state index is 12.5. The van der Waals surface area contributed by atoms with E-state index in [1.807, 2.05) is 0 Å². The molecule has 0 atom stereocenters. The maximum Gasteiger partial charge on any atom is 0.573 e. The minimum absolute atomic E-state index is 0.0403. The molecule has 0 aliphatic heterocycles. The van der Waals surface area contributed by atoms with Crippen LogP contribution in [0, 0.1) is 11.3 Å². The van der Waals surface area contributed by atoms with E-state index < -0.39 is 57.8 Å². The van der Waals surface area contributed by atoms with Crippen molar-refractivity contribution in [2.75, 3.05) is 6.61 Å². The molecule has 0 unspecified atom stereocenters. The predicted octanol–water partition coefficient (Wildman–Crippen LogP) is 4.17. The van der Waals surface area contributed by atoms with Gasteiger partial charge in [-0.2, -0.15) is 18.4 Å². The fourth-order valence-corrected chi connectivity index (χ4v) is 2.26. The van der Waals surface area contributed by atoms with Crippen LogP contribution in [0.4, 0.5) is 26.3 Å². The second-order valence-corrected chi connectivity index (χ2v) is 5.25. The monoisotopic (exact) mass is 373 g/mol. The lowest BCUT2D eigenvalue weighted by atomic mass is 10.1. The molecule has 11 heteroatoms. The van der Waals surface area contributed by atoms with Crippen LogP contribution in [-0.4, -0.2) is 24.4 Å². The van der Waals surface area contributed by atoms with Gasteiger partial charge in [0.2, 0.25) is 0 Å². The highest BCUT2D eigenvalue weighted by atomic mass is 32.2. The van der Waals surface area contributed by atoms with Gasteiger partial charge >= 0.3 is 17.8 Å². The average molecular weight is 373 g/mol. The number of hydrogen-bond acceptors (Lipinski definition) is 5. The summed E-state index contributed by atoms with van der Waals surface area (Å²) >= 11 is -0.756. The SMILES string of the molecule is CCOC(=O)Cc1cc(C#N)c(SC(F)(F)F)cc1OC(F)(F)F. The van der Waals surface area contributed by atoms with Crippen molar-refractivity contribution in [3.8, 4) is 11.8 Å². The second kappa shape index (κ2) is 7.65. The molecular weight excluding hydrogens is 364 g/mol. The molecule has 0 aliphatic carbocycles.